The SMILES string of the molecule is CCN(c1ccccc1CNCC(C)C)C1CCCC1. The first-order chi connectivity index (χ1) is 9.72. The molecule has 2 nitrogen and oxygen atoms in total. The third-order valence-electron chi connectivity index (χ3n) is 4.28. The summed E-state index contributed by atoms with van der Waals surface area (Å²) < 4.78 is 0. The number of hydrogen-bond donors (Lipinski definition) is 1. The van der Waals surface area contributed by atoms with Crippen molar-refractivity contribution in [3.05, 3.63) is 29.8 Å². The summed E-state index contributed by atoms with van der Waals surface area (Å²) in [6, 6.07) is 9.68. The van der Waals surface area contributed by atoms with Crippen molar-refractivity contribution in [2.45, 2.75) is 59.0 Å². The van der Waals surface area contributed by atoms with E-state index in [4.69, 9.17) is 0 Å². The summed E-state index contributed by atoms with van der Waals surface area (Å²) >= 11 is 0. The van der Waals surface area contributed by atoms with E-state index in [-0.39, 0.29) is 0 Å². The van der Waals surface area contributed by atoms with Gasteiger partial charge in [-0.05, 0) is 43.9 Å². The van der Waals surface area contributed by atoms with Crippen molar-refractivity contribution in [1.29, 1.82) is 0 Å². The van der Waals surface area contributed by atoms with Gasteiger partial charge in [-0.1, -0.05) is 44.9 Å². The lowest BCUT2D eigenvalue weighted by Crippen LogP contribution is -2.34. The first-order valence-corrected chi connectivity index (χ1v) is 8.27. The van der Waals surface area contributed by atoms with Crippen molar-refractivity contribution >= 4 is 5.69 Å². The predicted octanol–water partition coefficient (Wildman–Crippen LogP) is 4.20. The second-order valence-electron chi connectivity index (χ2n) is 6.38. The van der Waals surface area contributed by atoms with Gasteiger partial charge in [0.2, 0.25) is 0 Å². The van der Waals surface area contributed by atoms with Crippen molar-refractivity contribution in [3.8, 4) is 0 Å². The molecule has 1 saturated carbocycles. The minimum absolute atomic E-state index is 0.708. The lowest BCUT2D eigenvalue weighted by molar-refractivity contribution is 0.550. The number of nitrogens with zero attached hydrogens (tertiary/aromatic N) is 1. The van der Waals surface area contributed by atoms with Gasteiger partial charge in [0.05, 0.1) is 0 Å². The second kappa shape index (κ2) is 7.68. The highest BCUT2D eigenvalue weighted by atomic mass is 15.2. The van der Waals surface area contributed by atoms with Crippen LogP contribution in [0.4, 0.5) is 5.69 Å². The zero-order chi connectivity index (χ0) is 14.4. The maximum Gasteiger partial charge on any atom is 0.0414 e. The number of nitrogens with one attached hydrogen (secondary N) is 1. The van der Waals surface area contributed by atoms with Gasteiger partial charge < -0.3 is 10.2 Å². The van der Waals surface area contributed by atoms with Gasteiger partial charge in [-0.25, -0.2) is 0 Å². The first-order valence-electron chi connectivity index (χ1n) is 8.27. The Morgan fingerprint density at radius 2 is 1.90 bits per heavy atom. The zero-order valence-corrected chi connectivity index (χ0v) is 13.4. The lowest BCUT2D eigenvalue weighted by Gasteiger charge is -2.32. The van der Waals surface area contributed by atoms with E-state index in [1.54, 1.807) is 0 Å². The smallest absolute Gasteiger partial charge is 0.0414 e. The van der Waals surface area contributed by atoms with E-state index in [0.29, 0.717) is 5.92 Å². The second-order valence-corrected chi connectivity index (χ2v) is 6.38. The Labute approximate surface area is 124 Å². The van der Waals surface area contributed by atoms with Crippen molar-refractivity contribution in [3.63, 3.8) is 0 Å². The zero-order valence-electron chi connectivity index (χ0n) is 13.4. The molecule has 1 aromatic carbocycles. The molecule has 0 aliphatic heterocycles. The molecule has 1 N–H and O–H groups in total. The Hall–Kier alpha value is -1.02. The average molecular weight is 274 g/mol. The fraction of sp³-hybridized carbons (Fsp3) is 0.667. The molecule has 1 aromatic rings. The molecule has 0 heterocycles. The topological polar surface area (TPSA) is 15.3 Å². The lowest BCUT2D eigenvalue weighted by atomic mass is 10.1. The molecule has 0 saturated heterocycles. The molecule has 0 amide bonds. The summed E-state index contributed by atoms with van der Waals surface area (Å²) in [4.78, 5) is 2.62. The normalized spacial score (nSPS) is 16.0. The molecule has 0 bridgehead atoms. The van der Waals surface area contributed by atoms with Crippen LogP contribution in [0.5, 0.6) is 0 Å². The van der Waals surface area contributed by atoms with Crippen LogP contribution >= 0.6 is 0 Å². The fourth-order valence-corrected chi connectivity index (χ4v) is 3.28. The summed E-state index contributed by atoms with van der Waals surface area (Å²) in [6.07, 6.45) is 5.52. The highest BCUT2D eigenvalue weighted by Crippen LogP contribution is 2.30. The quantitative estimate of drug-likeness (QED) is 0.801. The number of benzene rings is 1. The van der Waals surface area contributed by atoms with Crippen LogP contribution in [0.2, 0.25) is 0 Å². The average Bonchev–Trinajstić information content (AvgIpc) is 2.95. The van der Waals surface area contributed by atoms with Crippen molar-refractivity contribution in [2.24, 2.45) is 5.92 Å². The number of para-hydroxylation sites is 1. The Morgan fingerprint density at radius 3 is 2.55 bits per heavy atom. The van der Waals surface area contributed by atoms with Crippen LogP contribution in [0.25, 0.3) is 0 Å². The van der Waals surface area contributed by atoms with Gasteiger partial charge in [-0.3, -0.25) is 0 Å². The third-order valence-corrected chi connectivity index (χ3v) is 4.28. The summed E-state index contributed by atoms with van der Waals surface area (Å²) in [7, 11) is 0. The van der Waals surface area contributed by atoms with Gasteiger partial charge in [0.25, 0.3) is 0 Å². The van der Waals surface area contributed by atoms with Gasteiger partial charge in [-0.2, -0.15) is 0 Å². The van der Waals surface area contributed by atoms with Crippen LogP contribution in [0.3, 0.4) is 0 Å². The van der Waals surface area contributed by atoms with Crippen molar-refractivity contribution < 1.29 is 0 Å². The van der Waals surface area contributed by atoms with Crippen molar-refractivity contribution in [2.75, 3.05) is 18.0 Å². The molecule has 0 radical (unpaired) electrons. The van der Waals surface area contributed by atoms with Gasteiger partial charge in [-0.15, -0.1) is 0 Å². The molecule has 0 aromatic heterocycles. The summed E-state index contributed by atoms with van der Waals surface area (Å²) in [6.45, 7) is 10.00. The molecule has 1 aliphatic rings. The Balaban J connectivity index is 2.08. The molecule has 1 fully saturated rings. The molecule has 2 heteroatoms. The highest BCUT2D eigenvalue weighted by Gasteiger charge is 2.22. The molecule has 112 valence electrons. The molecule has 0 unspecified atom stereocenters. The van der Waals surface area contributed by atoms with E-state index in [2.05, 4.69) is 55.3 Å². The van der Waals surface area contributed by atoms with Gasteiger partial charge in [0, 0.05) is 24.8 Å². The minimum atomic E-state index is 0.708. The molecular formula is C18H30N2. The van der Waals surface area contributed by atoms with Crippen LogP contribution in [0.1, 0.15) is 52.0 Å². The van der Waals surface area contributed by atoms with Crippen LogP contribution in [-0.4, -0.2) is 19.1 Å². The standard InChI is InChI=1S/C18H30N2/c1-4-20(17-10-6-7-11-17)18-12-8-5-9-16(18)14-19-13-15(2)3/h5,8-9,12,15,17,19H,4,6-7,10-11,13-14H2,1-3H3. The maximum atomic E-state index is 3.58. The van der Waals surface area contributed by atoms with E-state index < -0.39 is 0 Å². The summed E-state index contributed by atoms with van der Waals surface area (Å²) in [5.41, 5.74) is 2.89. The Morgan fingerprint density at radius 1 is 1.20 bits per heavy atom. The van der Waals surface area contributed by atoms with Crippen LogP contribution in [-0.2, 0) is 6.54 Å². The van der Waals surface area contributed by atoms with Crippen LogP contribution in [0, 0.1) is 5.92 Å². The van der Waals surface area contributed by atoms with Gasteiger partial charge >= 0.3 is 0 Å². The Bertz CT molecular complexity index is 394. The summed E-state index contributed by atoms with van der Waals surface area (Å²) in [5, 5.41) is 3.58. The van der Waals surface area contributed by atoms with Gasteiger partial charge in [0.1, 0.15) is 0 Å². The number of anilines is 1. The predicted molar refractivity (Wildman–Crippen MR) is 88.3 cm³/mol. The largest absolute Gasteiger partial charge is 0.369 e. The molecule has 1 aliphatic carbocycles. The van der Waals surface area contributed by atoms with E-state index in [1.807, 2.05) is 0 Å². The number of rotatable bonds is 7. The fourth-order valence-electron chi connectivity index (χ4n) is 3.28. The van der Waals surface area contributed by atoms with E-state index in [1.165, 1.54) is 36.9 Å². The van der Waals surface area contributed by atoms with Gasteiger partial charge in [0.15, 0.2) is 0 Å². The monoisotopic (exact) mass is 274 g/mol. The Kier molecular flexibility index (Phi) is 5.90. The summed E-state index contributed by atoms with van der Waals surface area (Å²) in [5.74, 6) is 0.708. The minimum Gasteiger partial charge on any atom is -0.369 e. The highest BCUT2D eigenvalue weighted by molar-refractivity contribution is 5.54. The van der Waals surface area contributed by atoms with Crippen LogP contribution < -0.4 is 10.2 Å². The molecule has 0 atom stereocenters. The number of hydrogen-bond acceptors (Lipinski definition) is 2. The first kappa shape index (κ1) is 15.4. The van der Waals surface area contributed by atoms with E-state index in [9.17, 15) is 0 Å². The van der Waals surface area contributed by atoms with Crippen LogP contribution in [0.15, 0.2) is 24.3 Å². The third kappa shape index (κ3) is 3.99. The molecule has 20 heavy (non-hydrogen) atoms. The van der Waals surface area contributed by atoms with Crippen molar-refractivity contribution in [1.82, 2.24) is 5.32 Å². The molecule has 2 rings (SSSR count). The molecule has 0 spiro atoms. The maximum absolute atomic E-state index is 3.58. The van der Waals surface area contributed by atoms with E-state index >= 15 is 0 Å². The van der Waals surface area contributed by atoms with E-state index in [0.717, 1.165) is 25.7 Å². The molecular weight excluding hydrogens is 244 g/mol.